The van der Waals surface area contributed by atoms with Crippen LogP contribution in [0.5, 0.6) is 28.7 Å². The summed E-state index contributed by atoms with van der Waals surface area (Å²) in [6, 6.07) is 21.0. The van der Waals surface area contributed by atoms with Crippen molar-refractivity contribution >= 4 is 63.3 Å². The lowest BCUT2D eigenvalue weighted by molar-refractivity contribution is -0.274. The van der Waals surface area contributed by atoms with Crippen LogP contribution in [-0.4, -0.2) is 74.9 Å². The molecule has 0 saturated carbocycles. The monoisotopic (exact) mass is 839 g/mol. The summed E-state index contributed by atoms with van der Waals surface area (Å²) >= 11 is 1.41. The predicted octanol–water partition coefficient (Wildman–Crippen LogP) is 9.81. The Kier molecular flexibility index (Phi) is 14.9. The Morgan fingerprint density at radius 3 is 2.20 bits per heavy atom. The van der Waals surface area contributed by atoms with E-state index in [2.05, 4.69) is 51.2 Å². The normalized spacial score (nSPS) is 11.5. The van der Waals surface area contributed by atoms with Gasteiger partial charge in [0.05, 0.1) is 44.0 Å². The molecule has 5 rings (SSSR count). The first-order valence-corrected chi connectivity index (χ1v) is 19.3. The number of hydrogen-bond acceptors (Lipinski definition) is 12. The molecule has 0 spiro atoms. The Hall–Kier alpha value is -6.11. The molecule has 4 aromatic carbocycles. The largest absolute Gasteiger partial charge is 0.573 e. The second kappa shape index (κ2) is 20.0. The number of benzene rings is 4. The molecule has 14 nitrogen and oxygen atoms in total. The van der Waals surface area contributed by atoms with Gasteiger partial charge in [-0.2, -0.15) is 0 Å². The first kappa shape index (κ1) is 44.0. The zero-order valence-corrected chi connectivity index (χ0v) is 33.6. The molecule has 314 valence electrons. The summed E-state index contributed by atoms with van der Waals surface area (Å²) < 4.78 is 74.7. The minimum Gasteiger partial charge on any atom is -0.492 e. The topological polar surface area (TPSA) is 171 Å². The Morgan fingerprint density at radius 2 is 1.49 bits per heavy atom. The molecule has 1 aromatic heterocycles. The van der Waals surface area contributed by atoms with Crippen LogP contribution in [0.15, 0.2) is 85.1 Å². The number of carboxylic acids is 1. The highest BCUT2D eigenvalue weighted by Crippen LogP contribution is 2.40. The molecule has 0 radical (unpaired) electrons. The van der Waals surface area contributed by atoms with Crippen molar-refractivity contribution in [3.8, 4) is 28.7 Å². The summed E-state index contributed by atoms with van der Waals surface area (Å²) in [4.78, 5) is 28.3. The average Bonchev–Trinajstić information content (AvgIpc) is 3.16. The van der Waals surface area contributed by atoms with Crippen LogP contribution in [-0.2, 0) is 19.7 Å². The van der Waals surface area contributed by atoms with Gasteiger partial charge in [-0.25, -0.2) is 14.6 Å². The molecule has 0 fully saturated rings. The fourth-order valence-electron chi connectivity index (χ4n) is 5.64. The van der Waals surface area contributed by atoms with Crippen LogP contribution in [0.4, 0.5) is 46.5 Å². The van der Waals surface area contributed by atoms with Gasteiger partial charge in [0, 0.05) is 53.2 Å². The third-order valence-corrected chi connectivity index (χ3v) is 8.61. The minimum atomic E-state index is -4.96. The number of aromatic nitrogens is 1. The number of methoxy groups -OCH3 is 1. The second-order valence-electron chi connectivity index (χ2n) is 13.6. The second-order valence-corrected chi connectivity index (χ2v) is 14.3. The molecule has 0 saturated heterocycles. The number of urea groups is 1. The van der Waals surface area contributed by atoms with E-state index in [0.29, 0.717) is 39.4 Å². The standard InChI is InChI=1S/C41H44F3N5O9S/c1-40(2,3)25-18-33(38(53-4)34(19-25)49-59-5)48-39(52)47-32-10-11-35(31-9-7-6-8-30(31)32)57-27-12-13-45-36(23-27)46-26-20-28(22-29(21-26)58-41(42,43)44)56-17-16-54-14-15-55-24-37(50)51/h6-13,18-23,49H,14-17,24H2,1-5H3,(H,45,46)(H,50,51)(H2,47,48,52). The molecule has 59 heavy (non-hydrogen) atoms. The summed E-state index contributed by atoms with van der Waals surface area (Å²) in [5.41, 5.74) is 2.70. The number of nitrogens with one attached hydrogen (secondary N) is 4. The van der Waals surface area contributed by atoms with Crippen LogP contribution in [0.3, 0.4) is 0 Å². The fourth-order valence-corrected chi connectivity index (χ4v) is 6.01. The Balaban J connectivity index is 1.30. The SMILES string of the molecule is COc1c(NSC)cc(C(C)(C)C)cc1NC(=O)Nc1ccc(Oc2ccnc(Nc3cc(OCCOCCOCC(=O)O)cc(OC(F)(F)F)c3)c2)c2ccccc12. The zero-order chi connectivity index (χ0) is 42.6. The number of carboxylic acid groups (broad SMARTS) is 1. The molecule has 0 unspecified atom stereocenters. The number of aliphatic carboxylic acids is 1. The number of hydrogen-bond donors (Lipinski definition) is 5. The highest BCUT2D eigenvalue weighted by Gasteiger charge is 2.31. The minimum absolute atomic E-state index is 0.0284. The van der Waals surface area contributed by atoms with Crippen molar-refractivity contribution in [2.75, 3.05) is 67.1 Å². The first-order chi connectivity index (χ1) is 28.1. The molecule has 0 bridgehead atoms. The third kappa shape index (κ3) is 13.2. The quantitative estimate of drug-likeness (QED) is 0.0394. The van der Waals surface area contributed by atoms with E-state index in [0.717, 1.165) is 23.4 Å². The van der Waals surface area contributed by atoms with E-state index in [-0.39, 0.29) is 49.1 Å². The molecule has 0 aliphatic carbocycles. The number of pyridine rings is 1. The lowest BCUT2D eigenvalue weighted by atomic mass is 9.86. The van der Waals surface area contributed by atoms with Crippen molar-refractivity contribution < 1.29 is 56.3 Å². The summed E-state index contributed by atoms with van der Waals surface area (Å²) in [5.74, 6) is -0.0438. The molecule has 5 N–H and O–H groups in total. The van der Waals surface area contributed by atoms with Crippen LogP contribution in [0, 0.1) is 0 Å². The van der Waals surface area contributed by atoms with Crippen molar-refractivity contribution in [1.29, 1.82) is 0 Å². The van der Waals surface area contributed by atoms with E-state index in [4.69, 9.17) is 28.8 Å². The van der Waals surface area contributed by atoms with E-state index in [9.17, 15) is 22.8 Å². The van der Waals surface area contributed by atoms with Crippen LogP contribution in [0.1, 0.15) is 26.3 Å². The van der Waals surface area contributed by atoms with Gasteiger partial charge >= 0.3 is 18.4 Å². The van der Waals surface area contributed by atoms with Crippen molar-refractivity contribution in [3.05, 3.63) is 90.6 Å². The average molecular weight is 840 g/mol. The maximum absolute atomic E-state index is 13.5. The molecule has 0 aliphatic rings. The van der Waals surface area contributed by atoms with Gasteiger partial charge in [0.25, 0.3) is 0 Å². The van der Waals surface area contributed by atoms with Crippen LogP contribution < -0.4 is 39.6 Å². The van der Waals surface area contributed by atoms with E-state index in [1.54, 1.807) is 31.4 Å². The summed E-state index contributed by atoms with van der Waals surface area (Å²) in [6.45, 7) is 5.96. The number of halogens is 3. The predicted molar refractivity (Wildman–Crippen MR) is 221 cm³/mol. The van der Waals surface area contributed by atoms with Gasteiger partial charge < -0.3 is 54.2 Å². The maximum atomic E-state index is 13.5. The lowest BCUT2D eigenvalue weighted by Gasteiger charge is -2.24. The number of rotatable bonds is 19. The van der Waals surface area contributed by atoms with Gasteiger partial charge in [-0.05, 0) is 41.3 Å². The molecule has 1 heterocycles. The molecule has 18 heteroatoms. The molecular formula is C41H44F3N5O9S. The van der Waals surface area contributed by atoms with Crippen molar-refractivity contribution in [2.45, 2.75) is 32.5 Å². The third-order valence-electron chi connectivity index (χ3n) is 8.19. The van der Waals surface area contributed by atoms with Crippen LogP contribution in [0.2, 0.25) is 0 Å². The van der Waals surface area contributed by atoms with Crippen LogP contribution in [0.25, 0.3) is 10.8 Å². The van der Waals surface area contributed by atoms with Gasteiger partial charge in [0.1, 0.15) is 42.0 Å². The number of alkyl halides is 3. The van der Waals surface area contributed by atoms with Gasteiger partial charge in [0.2, 0.25) is 0 Å². The fraction of sp³-hybridized carbons (Fsp3) is 0.293. The highest BCUT2D eigenvalue weighted by molar-refractivity contribution is 7.99. The molecule has 2 amide bonds. The number of anilines is 5. The first-order valence-electron chi connectivity index (χ1n) is 18.0. The van der Waals surface area contributed by atoms with E-state index in [1.165, 1.54) is 24.2 Å². The maximum Gasteiger partial charge on any atom is 0.573 e. The number of fused-ring (bicyclic) bond motifs is 1. The van der Waals surface area contributed by atoms with Gasteiger partial charge in [-0.15, -0.1) is 13.2 Å². The Morgan fingerprint density at radius 1 is 0.797 bits per heavy atom. The Bertz CT molecular complexity index is 2240. The summed E-state index contributed by atoms with van der Waals surface area (Å²) in [6.07, 6.45) is -1.60. The molecule has 0 atom stereocenters. The summed E-state index contributed by atoms with van der Waals surface area (Å²) in [7, 11) is 1.54. The zero-order valence-electron chi connectivity index (χ0n) is 32.8. The van der Waals surface area contributed by atoms with Crippen molar-refractivity contribution in [1.82, 2.24) is 4.98 Å². The van der Waals surface area contributed by atoms with Crippen molar-refractivity contribution in [2.24, 2.45) is 0 Å². The lowest BCUT2D eigenvalue weighted by Crippen LogP contribution is -2.21. The van der Waals surface area contributed by atoms with E-state index < -0.39 is 30.7 Å². The summed E-state index contributed by atoms with van der Waals surface area (Å²) in [5, 5.41) is 18.8. The molecule has 5 aromatic rings. The van der Waals surface area contributed by atoms with Crippen molar-refractivity contribution in [3.63, 3.8) is 0 Å². The highest BCUT2D eigenvalue weighted by atomic mass is 32.2. The van der Waals surface area contributed by atoms with E-state index in [1.807, 2.05) is 42.7 Å². The molecular weight excluding hydrogens is 796 g/mol. The van der Waals surface area contributed by atoms with E-state index >= 15 is 0 Å². The number of amides is 2. The molecule has 0 aliphatic heterocycles. The van der Waals surface area contributed by atoms with Gasteiger partial charge in [0.15, 0.2) is 5.75 Å². The smallest absolute Gasteiger partial charge is 0.492 e. The number of nitrogens with zero attached hydrogens (tertiary/aromatic N) is 1. The number of carbonyl (C=O) groups excluding carboxylic acids is 1. The number of ether oxygens (including phenoxy) is 6. The number of carbonyl (C=O) groups is 2. The van der Waals surface area contributed by atoms with Gasteiger partial charge in [-0.1, -0.05) is 57.0 Å². The van der Waals surface area contributed by atoms with Crippen LogP contribution >= 0.6 is 11.9 Å². The van der Waals surface area contributed by atoms with Gasteiger partial charge in [-0.3, -0.25) is 0 Å². The Labute approximate surface area is 342 Å².